The van der Waals surface area contributed by atoms with Gasteiger partial charge in [0.15, 0.2) is 0 Å². The monoisotopic (exact) mass is 292 g/mol. The van der Waals surface area contributed by atoms with Gasteiger partial charge < -0.3 is 20.6 Å². The summed E-state index contributed by atoms with van der Waals surface area (Å²) in [6.45, 7) is 1.66. The minimum Gasteiger partial charge on any atom is -0.477 e. The first-order chi connectivity index (χ1) is 10.1. The molecule has 3 N–H and O–H groups in total. The van der Waals surface area contributed by atoms with E-state index in [0.717, 1.165) is 13.0 Å². The topological polar surface area (TPSA) is 94.6 Å². The van der Waals surface area contributed by atoms with Gasteiger partial charge in [-0.3, -0.25) is 0 Å². The van der Waals surface area contributed by atoms with Crippen LogP contribution in [0.2, 0.25) is 0 Å². The van der Waals surface area contributed by atoms with E-state index in [-0.39, 0.29) is 11.7 Å². The number of hydrogen-bond acceptors (Lipinski definition) is 4. The standard InChI is InChI=1S/C14H20N4O3/c1-18-7-3-2-4-11(18)9-16-14(21)17-10-5-6-12(13(19)20)15-8-10/h5-6,8,11H,2-4,7,9H2,1H3,(H,19,20)(H2,16,17,21). The van der Waals surface area contributed by atoms with E-state index in [4.69, 9.17) is 5.11 Å². The summed E-state index contributed by atoms with van der Waals surface area (Å²) in [6, 6.07) is 2.94. The lowest BCUT2D eigenvalue weighted by atomic mass is 10.0. The molecule has 2 rings (SSSR count). The van der Waals surface area contributed by atoms with Crippen molar-refractivity contribution in [1.29, 1.82) is 0 Å². The maximum Gasteiger partial charge on any atom is 0.354 e. The second-order valence-corrected chi connectivity index (χ2v) is 5.20. The van der Waals surface area contributed by atoms with E-state index in [1.165, 1.54) is 31.2 Å². The molecule has 7 heteroatoms. The molecule has 0 saturated carbocycles. The van der Waals surface area contributed by atoms with E-state index in [1.807, 2.05) is 0 Å². The predicted molar refractivity (Wildman–Crippen MR) is 78.5 cm³/mol. The van der Waals surface area contributed by atoms with Crippen molar-refractivity contribution in [3.05, 3.63) is 24.0 Å². The summed E-state index contributed by atoms with van der Waals surface area (Å²) in [5, 5.41) is 14.2. The van der Waals surface area contributed by atoms with Gasteiger partial charge in [-0.2, -0.15) is 0 Å². The number of carbonyl (C=O) groups excluding carboxylic acids is 1. The minimum absolute atomic E-state index is 0.0511. The number of pyridine rings is 1. The molecule has 1 saturated heterocycles. The van der Waals surface area contributed by atoms with Crippen molar-refractivity contribution in [2.24, 2.45) is 0 Å². The van der Waals surface area contributed by atoms with Crippen LogP contribution in [-0.2, 0) is 0 Å². The summed E-state index contributed by atoms with van der Waals surface area (Å²) >= 11 is 0. The van der Waals surface area contributed by atoms with E-state index < -0.39 is 5.97 Å². The van der Waals surface area contributed by atoms with Crippen LogP contribution in [0, 0.1) is 0 Å². The van der Waals surface area contributed by atoms with Gasteiger partial charge in [0.1, 0.15) is 5.69 Å². The Balaban J connectivity index is 1.80. The van der Waals surface area contributed by atoms with Crippen LogP contribution in [0.4, 0.5) is 10.5 Å². The fourth-order valence-electron chi connectivity index (χ4n) is 2.38. The Morgan fingerprint density at radius 3 is 2.86 bits per heavy atom. The molecule has 0 bridgehead atoms. The van der Waals surface area contributed by atoms with E-state index >= 15 is 0 Å². The number of carboxylic acids is 1. The zero-order chi connectivity index (χ0) is 15.2. The number of urea groups is 1. The van der Waals surface area contributed by atoms with Crippen LogP contribution < -0.4 is 10.6 Å². The van der Waals surface area contributed by atoms with Crippen LogP contribution in [0.25, 0.3) is 0 Å². The van der Waals surface area contributed by atoms with Crippen LogP contribution in [0.1, 0.15) is 29.8 Å². The van der Waals surface area contributed by atoms with Gasteiger partial charge in [-0.05, 0) is 38.6 Å². The molecule has 1 aromatic heterocycles. The number of anilines is 1. The minimum atomic E-state index is -1.09. The smallest absolute Gasteiger partial charge is 0.354 e. The largest absolute Gasteiger partial charge is 0.477 e. The maximum absolute atomic E-state index is 11.8. The molecule has 1 aliphatic rings. The van der Waals surface area contributed by atoms with Gasteiger partial charge in [0.05, 0.1) is 11.9 Å². The summed E-state index contributed by atoms with van der Waals surface area (Å²) < 4.78 is 0. The van der Waals surface area contributed by atoms with Gasteiger partial charge in [0.25, 0.3) is 0 Å². The van der Waals surface area contributed by atoms with Crippen molar-refractivity contribution in [3.8, 4) is 0 Å². The number of aromatic carboxylic acids is 1. The molecule has 0 aromatic carbocycles. The van der Waals surface area contributed by atoms with Crippen molar-refractivity contribution in [2.45, 2.75) is 25.3 Å². The Hall–Kier alpha value is -2.15. The van der Waals surface area contributed by atoms with Crippen molar-refractivity contribution >= 4 is 17.7 Å². The first kappa shape index (κ1) is 15.2. The number of carbonyl (C=O) groups is 2. The molecule has 0 spiro atoms. The second-order valence-electron chi connectivity index (χ2n) is 5.20. The number of piperidine rings is 1. The molecule has 1 unspecified atom stereocenters. The third-order valence-corrected chi connectivity index (χ3v) is 3.66. The molecule has 1 atom stereocenters. The molecule has 0 radical (unpaired) electrons. The fraction of sp³-hybridized carbons (Fsp3) is 0.500. The summed E-state index contributed by atoms with van der Waals surface area (Å²) in [6.07, 6.45) is 4.82. The lowest BCUT2D eigenvalue weighted by Crippen LogP contribution is -2.45. The lowest BCUT2D eigenvalue weighted by Gasteiger charge is -2.32. The Morgan fingerprint density at radius 2 is 2.24 bits per heavy atom. The predicted octanol–water partition coefficient (Wildman–Crippen LogP) is 1.39. The van der Waals surface area contributed by atoms with Gasteiger partial charge in [0.2, 0.25) is 0 Å². The summed E-state index contributed by atoms with van der Waals surface area (Å²) in [5.41, 5.74) is 0.416. The highest BCUT2D eigenvalue weighted by molar-refractivity contribution is 5.90. The third-order valence-electron chi connectivity index (χ3n) is 3.66. The molecule has 0 aliphatic carbocycles. The molecule has 7 nitrogen and oxygen atoms in total. The summed E-state index contributed by atoms with van der Waals surface area (Å²) in [4.78, 5) is 28.5. The quantitative estimate of drug-likeness (QED) is 0.779. The Labute approximate surface area is 123 Å². The van der Waals surface area contributed by atoms with E-state index in [2.05, 4.69) is 27.6 Å². The van der Waals surface area contributed by atoms with Gasteiger partial charge in [-0.1, -0.05) is 6.42 Å². The fourth-order valence-corrected chi connectivity index (χ4v) is 2.38. The van der Waals surface area contributed by atoms with E-state index in [0.29, 0.717) is 18.3 Å². The number of carboxylic acid groups (broad SMARTS) is 1. The summed E-state index contributed by atoms with van der Waals surface area (Å²) in [5.74, 6) is -1.09. The number of amides is 2. The van der Waals surface area contributed by atoms with Crippen LogP contribution in [0.3, 0.4) is 0 Å². The molecular weight excluding hydrogens is 272 g/mol. The second kappa shape index (κ2) is 7.03. The first-order valence-corrected chi connectivity index (χ1v) is 7.00. The number of hydrogen-bond donors (Lipinski definition) is 3. The third kappa shape index (κ3) is 4.42. The average Bonchev–Trinajstić information content (AvgIpc) is 2.47. The Kier molecular flexibility index (Phi) is 5.10. The zero-order valence-electron chi connectivity index (χ0n) is 12.0. The molecular formula is C14H20N4O3. The zero-order valence-corrected chi connectivity index (χ0v) is 12.0. The number of rotatable bonds is 4. The number of nitrogens with one attached hydrogen (secondary N) is 2. The van der Waals surface area contributed by atoms with Crippen molar-refractivity contribution in [2.75, 3.05) is 25.5 Å². The normalized spacial score (nSPS) is 19.0. The molecule has 1 aromatic rings. The molecule has 1 aliphatic heterocycles. The van der Waals surface area contributed by atoms with Crippen molar-refractivity contribution in [1.82, 2.24) is 15.2 Å². The molecule has 2 heterocycles. The Bertz CT molecular complexity index is 503. The van der Waals surface area contributed by atoms with E-state index in [9.17, 15) is 9.59 Å². The molecule has 114 valence electrons. The average molecular weight is 292 g/mol. The SMILES string of the molecule is CN1CCCCC1CNC(=O)Nc1ccc(C(=O)O)nc1. The van der Waals surface area contributed by atoms with Gasteiger partial charge >= 0.3 is 12.0 Å². The van der Waals surface area contributed by atoms with Gasteiger partial charge in [0, 0.05) is 12.6 Å². The van der Waals surface area contributed by atoms with Crippen molar-refractivity contribution in [3.63, 3.8) is 0 Å². The number of likely N-dealkylation sites (N-methyl/N-ethyl adjacent to an activating group) is 1. The Morgan fingerprint density at radius 1 is 1.43 bits per heavy atom. The number of nitrogens with zero attached hydrogens (tertiary/aromatic N) is 2. The van der Waals surface area contributed by atoms with Crippen LogP contribution in [-0.4, -0.2) is 53.2 Å². The van der Waals surface area contributed by atoms with Gasteiger partial charge in [-0.15, -0.1) is 0 Å². The summed E-state index contributed by atoms with van der Waals surface area (Å²) in [7, 11) is 2.07. The van der Waals surface area contributed by atoms with Crippen molar-refractivity contribution < 1.29 is 14.7 Å². The van der Waals surface area contributed by atoms with Crippen LogP contribution in [0.5, 0.6) is 0 Å². The highest BCUT2D eigenvalue weighted by atomic mass is 16.4. The van der Waals surface area contributed by atoms with Crippen LogP contribution in [0.15, 0.2) is 18.3 Å². The molecule has 1 fully saturated rings. The van der Waals surface area contributed by atoms with E-state index in [1.54, 1.807) is 0 Å². The highest BCUT2D eigenvalue weighted by Crippen LogP contribution is 2.14. The highest BCUT2D eigenvalue weighted by Gasteiger charge is 2.19. The molecule has 2 amide bonds. The molecule has 21 heavy (non-hydrogen) atoms. The van der Waals surface area contributed by atoms with Crippen LogP contribution >= 0.6 is 0 Å². The maximum atomic E-state index is 11.8. The number of aromatic nitrogens is 1. The first-order valence-electron chi connectivity index (χ1n) is 7.00. The lowest BCUT2D eigenvalue weighted by molar-refractivity contribution is 0.0690. The van der Waals surface area contributed by atoms with Gasteiger partial charge in [-0.25, -0.2) is 14.6 Å². The number of likely N-dealkylation sites (tertiary alicyclic amines) is 1.